The van der Waals surface area contributed by atoms with E-state index in [9.17, 15) is 4.79 Å². The first-order valence-corrected chi connectivity index (χ1v) is 11.4. The summed E-state index contributed by atoms with van der Waals surface area (Å²) in [6, 6.07) is 6.04. The van der Waals surface area contributed by atoms with E-state index in [2.05, 4.69) is 35.4 Å². The summed E-state index contributed by atoms with van der Waals surface area (Å²) in [4.78, 5) is 14.7. The number of piperidine rings is 1. The molecule has 1 unspecified atom stereocenters. The molecule has 1 aliphatic carbocycles. The minimum atomic E-state index is 0.00744. The lowest BCUT2D eigenvalue weighted by Crippen LogP contribution is -2.44. The SMILES string of the molecule is Cc1cc(OCCCN2CCC(NC(=O)/C=C/C3=CCC(C)C=C3)CC2)ccc1Cl. The fourth-order valence-corrected chi connectivity index (χ4v) is 3.89. The highest BCUT2D eigenvalue weighted by Gasteiger charge is 2.19. The maximum absolute atomic E-state index is 12.2. The Balaban J connectivity index is 1.29. The zero-order valence-corrected chi connectivity index (χ0v) is 18.8. The van der Waals surface area contributed by atoms with Gasteiger partial charge < -0.3 is 15.0 Å². The molecule has 1 aliphatic heterocycles. The minimum Gasteiger partial charge on any atom is -0.494 e. The van der Waals surface area contributed by atoms with E-state index in [-0.39, 0.29) is 11.9 Å². The van der Waals surface area contributed by atoms with E-state index in [0.29, 0.717) is 12.5 Å². The summed E-state index contributed by atoms with van der Waals surface area (Å²) in [5.74, 6) is 1.47. The molecule has 1 amide bonds. The van der Waals surface area contributed by atoms with Crippen molar-refractivity contribution in [2.75, 3.05) is 26.2 Å². The fraction of sp³-hybridized carbons (Fsp3) is 0.480. The first kappa shape index (κ1) is 22.6. The van der Waals surface area contributed by atoms with Crippen LogP contribution in [0.4, 0.5) is 0 Å². The Hall–Kier alpha value is -2.04. The van der Waals surface area contributed by atoms with Gasteiger partial charge in [0.2, 0.25) is 5.91 Å². The summed E-state index contributed by atoms with van der Waals surface area (Å²) in [6.45, 7) is 7.93. The number of nitrogens with one attached hydrogen (secondary N) is 1. The highest BCUT2D eigenvalue weighted by Crippen LogP contribution is 2.21. The quantitative estimate of drug-likeness (QED) is 0.464. The van der Waals surface area contributed by atoms with Gasteiger partial charge in [-0.3, -0.25) is 4.79 Å². The van der Waals surface area contributed by atoms with Crippen molar-refractivity contribution < 1.29 is 9.53 Å². The van der Waals surface area contributed by atoms with E-state index in [1.54, 1.807) is 6.08 Å². The van der Waals surface area contributed by atoms with Gasteiger partial charge in [0.15, 0.2) is 0 Å². The number of carbonyl (C=O) groups is 1. The summed E-state index contributed by atoms with van der Waals surface area (Å²) in [7, 11) is 0. The molecular formula is C25H33ClN2O2. The van der Waals surface area contributed by atoms with Crippen LogP contribution < -0.4 is 10.1 Å². The van der Waals surface area contributed by atoms with E-state index in [0.717, 1.165) is 67.2 Å². The maximum Gasteiger partial charge on any atom is 0.244 e. The Morgan fingerprint density at radius 3 is 2.83 bits per heavy atom. The third kappa shape index (κ3) is 7.33. The van der Waals surface area contributed by atoms with Crippen molar-refractivity contribution in [1.29, 1.82) is 0 Å². The summed E-state index contributed by atoms with van der Waals surface area (Å²) in [5.41, 5.74) is 2.16. The van der Waals surface area contributed by atoms with Crippen LogP contribution in [-0.2, 0) is 4.79 Å². The van der Waals surface area contributed by atoms with Crippen molar-refractivity contribution in [1.82, 2.24) is 10.2 Å². The number of allylic oxidation sites excluding steroid dienone is 5. The highest BCUT2D eigenvalue weighted by molar-refractivity contribution is 6.31. The second kappa shape index (κ2) is 11.4. The van der Waals surface area contributed by atoms with Crippen molar-refractivity contribution >= 4 is 17.5 Å². The number of hydrogen-bond donors (Lipinski definition) is 1. The molecule has 0 saturated carbocycles. The molecule has 0 aromatic heterocycles. The maximum atomic E-state index is 12.2. The molecule has 2 aliphatic rings. The van der Waals surface area contributed by atoms with Gasteiger partial charge in [0, 0.05) is 36.8 Å². The number of aryl methyl sites for hydroxylation is 1. The average Bonchev–Trinajstić information content (AvgIpc) is 2.74. The standard InChI is InChI=1S/C25H33ClN2O2/c1-19-4-6-21(7-5-19)8-11-25(29)27-22-12-15-28(16-13-22)14-3-17-30-23-9-10-24(26)20(2)18-23/h4,6-11,18-19,22H,3,5,12-17H2,1-2H3,(H,27,29)/b11-8+. The lowest BCUT2D eigenvalue weighted by molar-refractivity contribution is -0.117. The number of halogens is 1. The molecule has 1 saturated heterocycles. The van der Waals surface area contributed by atoms with Crippen LogP contribution in [0.2, 0.25) is 5.02 Å². The topological polar surface area (TPSA) is 41.6 Å². The lowest BCUT2D eigenvalue weighted by atomic mass is 9.98. The molecule has 1 heterocycles. The van der Waals surface area contributed by atoms with E-state index in [4.69, 9.17) is 16.3 Å². The average molecular weight is 429 g/mol. The summed E-state index contributed by atoms with van der Waals surface area (Å²) < 4.78 is 5.83. The third-order valence-electron chi connectivity index (χ3n) is 5.72. The molecule has 0 bridgehead atoms. The molecular weight excluding hydrogens is 396 g/mol. The fourth-order valence-electron chi connectivity index (χ4n) is 3.77. The van der Waals surface area contributed by atoms with Crippen molar-refractivity contribution in [3.8, 4) is 5.75 Å². The number of rotatable bonds is 8. The zero-order valence-electron chi connectivity index (χ0n) is 18.1. The number of nitrogens with zero attached hydrogens (tertiary/aromatic N) is 1. The number of likely N-dealkylation sites (tertiary alicyclic amines) is 1. The first-order chi connectivity index (χ1) is 14.5. The number of hydrogen-bond acceptors (Lipinski definition) is 3. The summed E-state index contributed by atoms with van der Waals surface area (Å²) >= 11 is 6.05. The Morgan fingerprint density at radius 1 is 1.33 bits per heavy atom. The summed E-state index contributed by atoms with van der Waals surface area (Å²) in [5, 5.41) is 3.92. The second-order valence-electron chi connectivity index (χ2n) is 8.35. The normalized spacial score (nSPS) is 20.4. The van der Waals surface area contributed by atoms with Crippen LogP contribution in [0.3, 0.4) is 0 Å². The van der Waals surface area contributed by atoms with E-state index < -0.39 is 0 Å². The largest absolute Gasteiger partial charge is 0.494 e. The molecule has 4 nitrogen and oxygen atoms in total. The number of ether oxygens (including phenoxy) is 1. The Bertz CT molecular complexity index is 807. The highest BCUT2D eigenvalue weighted by atomic mass is 35.5. The predicted octanol–water partition coefficient (Wildman–Crippen LogP) is 5.08. The van der Waals surface area contributed by atoms with Gasteiger partial charge >= 0.3 is 0 Å². The van der Waals surface area contributed by atoms with Gasteiger partial charge in [0.05, 0.1) is 6.61 Å². The van der Waals surface area contributed by atoms with Crippen molar-refractivity contribution in [3.05, 3.63) is 64.7 Å². The van der Waals surface area contributed by atoms with Crippen molar-refractivity contribution in [2.24, 2.45) is 5.92 Å². The van der Waals surface area contributed by atoms with Gasteiger partial charge in [-0.25, -0.2) is 0 Å². The van der Waals surface area contributed by atoms with Gasteiger partial charge in [0.25, 0.3) is 0 Å². The van der Waals surface area contributed by atoms with Crippen LogP contribution in [0.1, 0.15) is 38.2 Å². The monoisotopic (exact) mass is 428 g/mol. The van der Waals surface area contributed by atoms with E-state index >= 15 is 0 Å². The zero-order chi connectivity index (χ0) is 21.3. The summed E-state index contributed by atoms with van der Waals surface area (Å²) in [6.07, 6.45) is 14.1. The van der Waals surface area contributed by atoms with Gasteiger partial charge in [0.1, 0.15) is 5.75 Å². The molecule has 1 aromatic carbocycles. The van der Waals surface area contributed by atoms with Crippen LogP contribution in [0.15, 0.2) is 54.2 Å². The smallest absolute Gasteiger partial charge is 0.244 e. The third-order valence-corrected chi connectivity index (χ3v) is 6.14. The molecule has 3 rings (SSSR count). The van der Waals surface area contributed by atoms with E-state index in [1.165, 1.54) is 0 Å². The van der Waals surface area contributed by atoms with Gasteiger partial charge in [-0.15, -0.1) is 0 Å². The van der Waals surface area contributed by atoms with Gasteiger partial charge in [-0.2, -0.15) is 0 Å². The molecule has 1 N–H and O–H groups in total. The molecule has 162 valence electrons. The Labute approximate surface area is 185 Å². The predicted molar refractivity (Wildman–Crippen MR) is 124 cm³/mol. The van der Waals surface area contributed by atoms with Crippen molar-refractivity contribution in [2.45, 2.75) is 45.6 Å². The Morgan fingerprint density at radius 2 is 2.13 bits per heavy atom. The molecule has 1 aromatic rings. The van der Waals surface area contributed by atoms with Gasteiger partial charge in [-0.1, -0.05) is 36.8 Å². The molecule has 30 heavy (non-hydrogen) atoms. The number of amides is 1. The Kier molecular flexibility index (Phi) is 8.59. The van der Waals surface area contributed by atoms with E-state index in [1.807, 2.05) is 31.2 Å². The number of benzene rings is 1. The van der Waals surface area contributed by atoms with Crippen LogP contribution in [0.5, 0.6) is 5.75 Å². The van der Waals surface area contributed by atoms with Gasteiger partial charge in [-0.05, 0) is 73.9 Å². The van der Waals surface area contributed by atoms with Crippen LogP contribution in [0, 0.1) is 12.8 Å². The van der Waals surface area contributed by atoms with Crippen molar-refractivity contribution in [3.63, 3.8) is 0 Å². The molecule has 1 fully saturated rings. The lowest BCUT2D eigenvalue weighted by Gasteiger charge is -2.32. The molecule has 0 spiro atoms. The molecule has 0 radical (unpaired) electrons. The molecule has 5 heteroatoms. The molecule has 1 atom stereocenters. The van der Waals surface area contributed by atoms with Crippen LogP contribution in [0.25, 0.3) is 0 Å². The van der Waals surface area contributed by atoms with Crippen LogP contribution >= 0.6 is 11.6 Å². The second-order valence-corrected chi connectivity index (χ2v) is 8.75. The first-order valence-electron chi connectivity index (χ1n) is 11.0. The minimum absolute atomic E-state index is 0.00744. The number of carbonyl (C=O) groups excluding carboxylic acids is 1. The van der Waals surface area contributed by atoms with Crippen LogP contribution in [-0.4, -0.2) is 43.1 Å².